The van der Waals surface area contributed by atoms with Crippen molar-refractivity contribution in [3.8, 4) is 0 Å². The van der Waals surface area contributed by atoms with Crippen LogP contribution >= 0.6 is 0 Å². The summed E-state index contributed by atoms with van der Waals surface area (Å²) in [5.41, 5.74) is 7.47. The van der Waals surface area contributed by atoms with Gasteiger partial charge < -0.3 is 20.9 Å². The predicted molar refractivity (Wildman–Crippen MR) is 98.4 cm³/mol. The Labute approximate surface area is 153 Å². The van der Waals surface area contributed by atoms with Crippen LogP contribution in [0.1, 0.15) is 18.1 Å². The monoisotopic (exact) mass is 356 g/mol. The first-order valence-corrected chi connectivity index (χ1v) is 8.46. The minimum Gasteiger partial charge on any atom is -0.445 e. The van der Waals surface area contributed by atoms with Crippen molar-refractivity contribution in [1.82, 2.24) is 5.32 Å². The Morgan fingerprint density at radius 3 is 2.12 bits per heavy atom. The summed E-state index contributed by atoms with van der Waals surface area (Å²) in [4.78, 5) is 24.7. The summed E-state index contributed by atoms with van der Waals surface area (Å²) in [6, 6.07) is 16.5. The van der Waals surface area contributed by atoms with E-state index in [2.05, 4.69) is 5.32 Å². The number of hydrogen-bond donors (Lipinski definition) is 3. The Hall–Kier alpha value is -2.70. The fourth-order valence-corrected chi connectivity index (χ4v) is 2.45. The minimum atomic E-state index is -1.09. The molecule has 6 nitrogen and oxygen atoms in total. The molecule has 0 saturated carbocycles. The highest BCUT2D eigenvalue weighted by molar-refractivity contribution is 5.92. The molecular weight excluding hydrogens is 332 g/mol. The van der Waals surface area contributed by atoms with E-state index in [-0.39, 0.29) is 13.0 Å². The largest absolute Gasteiger partial charge is 0.445 e. The molecule has 3 atom stereocenters. The van der Waals surface area contributed by atoms with Gasteiger partial charge in [0.2, 0.25) is 0 Å². The van der Waals surface area contributed by atoms with Crippen molar-refractivity contribution < 1.29 is 19.4 Å². The van der Waals surface area contributed by atoms with Crippen molar-refractivity contribution in [3.63, 3.8) is 0 Å². The van der Waals surface area contributed by atoms with Gasteiger partial charge in [-0.25, -0.2) is 4.79 Å². The number of aliphatic hydroxyl groups excluding tert-OH is 1. The van der Waals surface area contributed by atoms with E-state index in [1.807, 2.05) is 60.7 Å². The molecule has 4 N–H and O–H groups in total. The topological polar surface area (TPSA) is 102 Å². The molecule has 0 spiro atoms. The summed E-state index contributed by atoms with van der Waals surface area (Å²) in [7, 11) is 0. The summed E-state index contributed by atoms with van der Waals surface area (Å²) in [6.07, 6.45) is -1.45. The molecule has 0 aliphatic rings. The number of benzene rings is 2. The van der Waals surface area contributed by atoms with Gasteiger partial charge in [-0.05, 0) is 24.5 Å². The van der Waals surface area contributed by atoms with Gasteiger partial charge in [0.25, 0.3) is 0 Å². The van der Waals surface area contributed by atoms with Crippen molar-refractivity contribution in [3.05, 3.63) is 71.8 Å². The molecule has 6 heteroatoms. The number of nitrogens with one attached hydrogen (secondary N) is 1. The zero-order valence-electron chi connectivity index (χ0n) is 14.7. The minimum absolute atomic E-state index is 0.0986. The summed E-state index contributed by atoms with van der Waals surface area (Å²) >= 11 is 0. The Kier molecular flexibility index (Phi) is 7.32. The number of rotatable bonds is 8. The number of carbonyl (C=O) groups is 2. The number of nitrogens with two attached hydrogens (primary N) is 1. The van der Waals surface area contributed by atoms with Gasteiger partial charge in [0.1, 0.15) is 6.61 Å². The predicted octanol–water partition coefficient (Wildman–Crippen LogP) is 1.80. The number of amides is 1. The zero-order chi connectivity index (χ0) is 18.9. The van der Waals surface area contributed by atoms with E-state index in [9.17, 15) is 14.7 Å². The Bertz CT molecular complexity index is 704. The highest BCUT2D eigenvalue weighted by atomic mass is 16.5. The standard InChI is InChI=1S/C20H24N2O4/c1-14(23)18(21)19(24)17(12-15-8-4-2-5-9-15)22-20(25)26-13-16-10-6-3-7-11-16/h2-11,14,17-18,23H,12-13,21H2,1H3,(H,22,25)/t14?,17-,18?/m0/s1. The molecule has 1 amide bonds. The molecule has 138 valence electrons. The molecule has 0 bridgehead atoms. The number of aliphatic hydroxyl groups is 1. The molecular formula is C20H24N2O4. The van der Waals surface area contributed by atoms with Crippen LogP contribution < -0.4 is 11.1 Å². The van der Waals surface area contributed by atoms with E-state index >= 15 is 0 Å². The van der Waals surface area contributed by atoms with Gasteiger partial charge in [0.05, 0.1) is 18.2 Å². The van der Waals surface area contributed by atoms with Gasteiger partial charge in [-0.3, -0.25) is 4.79 Å². The molecule has 2 aromatic rings. The molecule has 0 aliphatic heterocycles. The van der Waals surface area contributed by atoms with Crippen LogP contribution in [0.3, 0.4) is 0 Å². The molecule has 0 saturated heterocycles. The van der Waals surface area contributed by atoms with Crippen molar-refractivity contribution in [2.45, 2.75) is 38.1 Å². The maximum absolute atomic E-state index is 12.5. The molecule has 0 aromatic heterocycles. The normalized spacial score (nSPS) is 14.1. The third-order valence-electron chi connectivity index (χ3n) is 3.98. The Morgan fingerprint density at radius 1 is 1.04 bits per heavy atom. The maximum atomic E-state index is 12.5. The van der Waals surface area contributed by atoms with E-state index in [0.29, 0.717) is 0 Å². The molecule has 26 heavy (non-hydrogen) atoms. The maximum Gasteiger partial charge on any atom is 0.408 e. The van der Waals surface area contributed by atoms with Gasteiger partial charge in [-0.1, -0.05) is 60.7 Å². The highest BCUT2D eigenvalue weighted by Gasteiger charge is 2.29. The first kappa shape index (κ1) is 19.6. The molecule has 0 fully saturated rings. The van der Waals surface area contributed by atoms with Gasteiger partial charge in [-0.2, -0.15) is 0 Å². The lowest BCUT2D eigenvalue weighted by Crippen LogP contribution is -2.52. The van der Waals surface area contributed by atoms with Gasteiger partial charge in [0, 0.05) is 0 Å². The van der Waals surface area contributed by atoms with Gasteiger partial charge >= 0.3 is 6.09 Å². The van der Waals surface area contributed by atoms with E-state index in [1.165, 1.54) is 6.92 Å². The van der Waals surface area contributed by atoms with E-state index in [4.69, 9.17) is 10.5 Å². The molecule has 0 aliphatic carbocycles. The quantitative estimate of drug-likeness (QED) is 0.669. The average Bonchev–Trinajstić information content (AvgIpc) is 2.66. The van der Waals surface area contributed by atoms with E-state index < -0.39 is 30.1 Å². The lowest BCUT2D eigenvalue weighted by Gasteiger charge is -2.22. The zero-order valence-corrected chi connectivity index (χ0v) is 14.7. The molecule has 2 rings (SSSR count). The average molecular weight is 356 g/mol. The SMILES string of the molecule is CC(O)C(N)C(=O)[C@H](Cc1ccccc1)NC(=O)OCc1ccccc1. The molecule has 0 heterocycles. The van der Waals surface area contributed by atoms with Crippen LogP contribution in [0.15, 0.2) is 60.7 Å². The molecule has 0 radical (unpaired) electrons. The van der Waals surface area contributed by atoms with Crippen molar-refractivity contribution in [2.75, 3.05) is 0 Å². The van der Waals surface area contributed by atoms with Crippen LogP contribution in [0.25, 0.3) is 0 Å². The van der Waals surface area contributed by atoms with Crippen molar-refractivity contribution in [2.24, 2.45) is 5.73 Å². The second-order valence-electron chi connectivity index (χ2n) is 6.12. The van der Waals surface area contributed by atoms with Crippen LogP contribution in [0.5, 0.6) is 0 Å². The molecule has 2 unspecified atom stereocenters. The number of Topliss-reactive ketones (excluding diaryl/α,β-unsaturated/α-hetero) is 1. The van der Waals surface area contributed by atoms with Crippen LogP contribution in [0.4, 0.5) is 4.79 Å². The first-order valence-electron chi connectivity index (χ1n) is 8.46. The fraction of sp³-hybridized carbons (Fsp3) is 0.300. The number of carbonyl (C=O) groups excluding carboxylic acids is 2. The number of ether oxygens (including phenoxy) is 1. The van der Waals surface area contributed by atoms with Gasteiger partial charge in [0.15, 0.2) is 5.78 Å². The first-order chi connectivity index (χ1) is 12.5. The highest BCUT2D eigenvalue weighted by Crippen LogP contribution is 2.08. The number of ketones is 1. The van der Waals surface area contributed by atoms with Gasteiger partial charge in [-0.15, -0.1) is 0 Å². The lowest BCUT2D eigenvalue weighted by atomic mass is 9.96. The summed E-state index contributed by atoms with van der Waals surface area (Å²) in [5, 5.41) is 12.2. The second kappa shape index (κ2) is 9.70. The van der Waals surface area contributed by atoms with Crippen LogP contribution in [0, 0.1) is 0 Å². The number of alkyl carbamates (subject to hydrolysis) is 1. The lowest BCUT2D eigenvalue weighted by molar-refractivity contribution is -0.124. The molecule has 2 aromatic carbocycles. The Balaban J connectivity index is 2.02. The summed E-state index contributed by atoms with van der Waals surface area (Å²) < 4.78 is 5.18. The third kappa shape index (κ3) is 5.98. The third-order valence-corrected chi connectivity index (χ3v) is 3.98. The van der Waals surface area contributed by atoms with Crippen molar-refractivity contribution in [1.29, 1.82) is 0 Å². The second-order valence-corrected chi connectivity index (χ2v) is 6.12. The van der Waals surface area contributed by atoms with E-state index in [0.717, 1.165) is 11.1 Å². The number of hydrogen-bond acceptors (Lipinski definition) is 5. The summed E-state index contributed by atoms with van der Waals surface area (Å²) in [6.45, 7) is 1.54. The fourth-order valence-electron chi connectivity index (χ4n) is 2.45. The van der Waals surface area contributed by atoms with Crippen LogP contribution in [-0.2, 0) is 22.6 Å². The Morgan fingerprint density at radius 2 is 1.58 bits per heavy atom. The van der Waals surface area contributed by atoms with Crippen molar-refractivity contribution >= 4 is 11.9 Å². The summed E-state index contributed by atoms with van der Waals surface area (Å²) in [5.74, 6) is -0.444. The smallest absolute Gasteiger partial charge is 0.408 e. The van der Waals surface area contributed by atoms with Crippen LogP contribution in [-0.4, -0.2) is 35.2 Å². The van der Waals surface area contributed by atoms with Crippen LogP contribution in [0.2, 0.25) is 0 Å². The van der Waals surface area contributed by atoms with E-state index in [1.54, 1.807) is 0 Å².